The number of nitrogens with zero attached hydrogens (tertiary/aromatic N) is 1. The molecule has 33 heavy (non-hydrogen) atoms. The van der Waals surface area contributed by atoms with E-state index in [0.717, 1.165) is 29.1 Å². The van der Waals surface area contributed by atoms with Crippen molar-refractivity contribution >= 4 is 29.5 Å². The Labute approximate surface area is 199 Å². The van der Waals surface area contributed by atoms with Crippen LogP contribution in [0.1, 0.15) is 24.8 Å². The second-order valence-corrected chi connectivity index (χ2v) is 9.06. The molecule has 2 aromatic carbocycles. The molecule has 0 aromatic heterocycles. The zero-order valence-electron chi connectivity index (χ0n) is 19.1. The van der Waals surface area contributed by atoms with E-state index in [9.17, 15) is 9.59 Å². The van der Waals surface area contributed by atoms with Crippen LogP contribution in [-0.4, -0.2) is 60.9 Å². The summed E-state index contributed by atoms with van der Waals surface area (Å²) >= 11 is 1.75. The third kappa shape index (κ3) is 6.51. The molecule has 2 aromatic rings. The minimum atomic E-state index is -0.356. The Morgan fingerprint density at radius 1 is 1.15 bits per heavy atom. The molecule has 0 aliphatic carbocycles. The number of ether oxygens (including phenoxy) is 2. The number of methoxy groups -OCH3 is 1. The number of carbonyl (C=O) groups is 2. The van der Waals surface area contributed by atoms with Crippen LogP contribution in [0.2, 0.25) is 0 Å². The number of hydrogen-bond acceptors (Lipinski definition) is 6. The van der Waals surface area contributed by atoms with Crippen LogP contribution in [0.4, 0.5) is 0 Å². The van der Waals surface area contributed by atoms with Gasteiger partial charge in [-0.05, 0) is 48.1 Å². The van der Waals surface area contributed by atoms with Crippen LogP contribution in [-0.2, 0) is 14.3 Å². The van der Waals surface area contributed by atoms with E-state index in [-0.39, 0.29) is 36.1 Å². The van der Waals surface area contributed by atoms with Crippen LogP contribution in [0.3, 0.4) is 0 Å². The van der Waals surface area contributed by atoms with Gasteiger partial charge in [0.1, 0.15) is 18.2 Å². The Morgan fingerprint density at radius 2 is 1.79 bits per heavy atom. The van der Waals surface area contributed by atoms with Gasteiger partial charge in [0.25, 0.3) is 0 Å². The summed E-state index contributed by atoms with van der Waals surface area (Å²) in [6, 6.07) is 15.3. The molecule has 8 heteroatoms. The summed E-state index contributed by atoms with van der Waals surface area (Å²) in [6.07, 6.45) is 3.66. The Balaban J connectivity index is 1.62. The van der Waals surface area contributed by atoms with Gasteiger partial charge in [0, 0.05) is 12.1 Å². The highest BCUT2D eigenvalue weighted by atomic mass is 32.2. The van der Waals surface area contributed by atoms with E-state index in [2.05, 4.69) is 0 Å². The highest BCUT2D eigenvalue weighted by molar-refractivity contribution is 7.98. The lowest BCUT2D eigenvalue weighted by Gasteiger charge is -2.25. The van der Waals surface area contributed by atoms with Gasteiger partial charge in [-0.1, -0.05) is 36.4 Å². The van der Waals surface area contributed by atoms with Gasteiger partial charge < -0.3 is 20.1 Å². The van der Waals surface area contributed by atoms with Crippen molar-refractivity contribution in [2.24, 2.45) is 11.7 Å². The van der Waals surface area contributed by atoms with Crippen molar-refractivity contribution in [1.29, 1.82) is 5.41 Å². The van der Waals surface area contributed by atoms with Gasteiger partial charge in [-0.25, -0.2) is 0 Å². The zero-order chi connectivity index (χ0) is 23.8. The molecule has 0 spiro atoms. The Hall–Kier alpha value is -3.00. The zero-order valence-corrected chi connectivity index (χ0v) is 19.9. The second-order valence-electron chi connectivity index (χ2n) is 8.07. The molecule has 3 N–H and O–H groups in total. The number of hydrogen-bond donors (Lipinski definition) is 2. The number of amides is 1. The number of carbonyl (C=O) groups excluding carboxylic acids is 2. The average molecular weight is 470 g/mol. The van der Waals surface area contributed by atoms with Gasteiger partial charge in [0.15, 0.2) is 0 Å². The number of thioether (sulfide) groups is 1. The summed E-state index contributed by atoms with van der Waals surface area (Å²) in [5.74, 6) is 1.07. The maximum atomic E-state index is 12.9. The molecule has 1 amide bonds. The van der Waals surface area contributed by atoms with Crippen molar-refractivity contribution in [2.45, 2.75) is 25.3 Å². The summed E-state index contributed by atoms with van der Waals surface area (Å²) < 4.78 is 10.8. The van der Waals surface area contributed by atoms with Gasteiger partial charge in [-0.3, -0.25) is 15.0 Å². The van der Waals surface area contributed by atoms with Crippen LogP contribution < -0.4 is 10.5 Å². The van der Waals surface area contributed by atoms with Crippen molar-refractivity contribution in [1.82, 2.24) is 4.90 Å². The predicted molar refractivity (Wildman–Crippen MR) is 132 cm³/mol. The first-order chi connectivity index (χ1) is 15.9. The van der Waals surface area contributed by atoms with Crippen molar-refractivity contribution in [3.8, 4) is 16.9 Å². The normalized spacial score (nSPS) is 17.8. The van der Waals surface area contributed by atoms with Gasteiger partial charge in [-0.15, -0.1) is 0 Å². The van der Waals surface area contributed by atoms with Crippen molar-refractivity contribution in [3.63, 3.8) is 0 Å². The quantitative estimate of drug-likeness (QED) is 0.226. The second kappa shape index (κ2) is 11.7. The molecule has 0 bridgehead atoms. The summed E-state index contributed by atoms with van der Waals surface area (Å²) in [5, 5.41) is 7.50. The van der Waals surface area contributed by atoms with E-state index in [4.69, 9.17) is 20.6 Å². The number of nitrogen functional groups attached to an aromatic ring is 1. The van der Waals surface area contributed by atoms with Gasteiger partial charge in [-0.2, -0.15) is 11.8 Å². The average Bonchev–Trinajstić information content (AvgIpc) is 3.12. The van der Waals surface area contributed by atoms with E-state index in [1.54, 1.807) is 11.8 Å². The molecule has 1 saturated heterocycles. The van der Waals surface area contributed by atoms with Crippen LogP contribution in [0.5, 0.6) is 5.75 Å². The highest BCUT2D eigenvalue weighted by Gasteiger charge is 2.40. The van der Waals surface area contributed by atoms with Crippen LogP contribution in [0.15, 0.2) is 48.5 Å². The Bertz CT molecular complexity index is 963. The maximum absolute atomic E-state index is 12.9. The van der Waals surface area contributed by atoms with Crippen LogP contribution in [0.25, 0.3) is 11.1 Å². The number of benzene rings is 2. The summed E-state index contributed by atoms with van der Waals surface area (Å²) in [5.41, 5.74) is 8.27. The van der Waals surface area contributed by atoms with E-state index < -0.39 is 0 Å². The summed E-state index contributed by atoms with van der Waals surface area (Å²) in [6.45, 7) is 1.05. The van der Waals surface area contributed by atoms with E-state index in [1.165, 1.54) is 7.11 Å². The maximum Gasteiger partial charge on any atom is 0.306 e. The van der Waals surface area contributed by atoms with Gasteiger partial charge in [0.05, 0.1) is 25.5 Å². The van der Waals surface area contributed by atoms with E-state index in [1.807, 2.05) is 59.7 Å². The molecule has 0 radical (unpaired) electrons. The first-order valence-corrected chi connectivity index (χ1v) is 12.4. The van der Waals surface area contributed by atoms with Crippen LogP contribution in [0, 0.1) is 11.3 Å². The molecule has 7 nitrogen and oxygen atoms in total. The number of nitrogens with two attached hydrogens (primary N) is 1. The molecule has 1 fully saturated rings. The first kappa shape index (κ1) is 24.6. The molecule has 0 saturated carbocycles. The molecule has 0 unspecified atom stereocenters. The van der Waals surface area contributed by atoms with Gasteiger partial charge in [0.2, 0.25) is 5.91 Å². The first-order valence-electron chi connectivity index (χ1n) is 11.0. The highest BCUT2D eigenvalue weighted by Crippen LogP contribution is 2.29. The van der Waals surface area contributed by atoms with Crippen LogP contribution >= 0.6 is 11.8 Å². The monoisotopic (exact) mass is 469 g/mol. The lowest BCUT2D eigenvalue weighted by atomic mass is 10.0. The molecule has 3 rings (SSSR count). The van der Waals surface area contributed by atoms with Crippen molar-refractivity contribution < 1.29 is 19.1 Å². The topological polar surface area (TPSA) is 106 Å². The largest absolute Gasteiger partial charge is 0.491 e. The SMILES string of the molecule is COC(=O)C[C@@H]1C[C@@H](COc2ccc(-c3ccc(C(=N)N)cc3)cc2)N(CCCSC)C1=O. The number of nitrogens with one attached hydrogen (secondary N) is 1. The molecule has 176 valence electrons. The molecular formula is C25H31N3O4S. The van der Waals surface area contributed by atoms with E-state index in [0.29, 0.717) is 25.1 Å². The van der Waals surface area contributed by atoms with Crippen molar-refractivity contribution in [3.05, 3.63) is 54.1 Å². The lowest BCUT2D eigenvalue weighted by Crippen LogP contribution is -2.38. The fraction of sp³-hybridized carbons (Fsp3) is 0.400. The molecule has 1 aliphatic rings. The fourth-order valence-electron chi connectivity index (χ4n) is 4.03. The van der Waals surface area contributed by atoms with E-state index >= 15 is 0 Å². The predicted octanol–water partition coefficient (Wildman–Crippen LogP) is 3.55. The minimum Gasteiger partial charge on any atom is -0.491 e. The fourth-order valence-corrected chi connectivity index (χ4v) is 4.45. The molecule has 2 atom stereocenters. The van der Waals surface area contributed by atoms with Crippen molar-refractivity contribution in [2.75, 3.05) is 32.3 Å². The Morgan fingerprint density at radius 3 is 2.36 bits per heavy atom. The lowest BCUT2D eigenvalue weighted by molar-refractivity contribution is -0.144. The standard InChI is InChI=1S/C25H31N3O4S/c1-31-23(29)15-20-14-21(28(25(20)30)12-3-13-33-2)16-32-22-10-8-18(9-11-22)17-4-6-19(7-5-17)24(26)27/h4-11,20-21H,3,12-16H2,1-2H3,(H3,26,27)/t20-,21-/m0/s1. The molecule has 1 aliphatic heterocycles. The molecular weight excluding hydrogens is 438 g/mol. The number of likely N-dealkylation sites (tertiary alicyclic amines) is 1. The van der Waals surface area contributed by atoms with Gasteiger partial charge >= 0.3 is 5.97 Å². The number of rotatable bonds is 11. The summed E-state index contributed by atoms with van der Waals surface area (Å²) in [7, 11) is 1.35. The smallest absolute Gasteiger partial charge is 0.306 e. The number of amidine groups is 1. The third-order valence-electron chi connectivity index (χ3n) is 5.84. The number of esters is 1. The third-order valence-corrected chi connectivity index (χ3v) is 6.54. The molecule has 1 heterocycles. The minimum absolute atomic E-state index is 0.0134. The Kier molecular flexibility index (Phi) is 8.77. The summed E-state index contributed by atoms with van der Waals surface area (Å²) in [4.78, 5) is 26.5.